The van der Waals surface area contributed by atoms with Gasteiger partial charge in [0.25, 0.3) is 0 Å². The van der Waals surface area contributed by atoms with Gasteiger partial charge in [-0.3, -0.25) is 5.10 Å². The van der Waals surface area contributed by atoms with Gasteiger partial charge in [0.2, 0.25) is 0 Å². The minimum Gasteiger partial charge on any atom is -0.381 e. The number of hydrogen-bond donors (Lipinski definition) is 1. The second-order valence-corrected chi connectivity index (χ2v) is 2.91. The molecule has 1 aromatic rings. The van der Waals surface area contributed by atoms with Crippen LogP contribution in [0, 0.1) is 0 Å². The first-order chi connectivity index (χ1) is 5.47. The van der Waals surface area contributed by atoms with Crippen molar-refractivity contribution in [1.29, 1.82) is 0 Å². The minimum atomic E-state index is 0.523. The van der Waals surface area contributed by atoms with E-state index in [-0.39, 0.29) is 0 Å². The van der Waals surface area contributed by atoms with Gasteiger partial charge in [0.15, 0.2) is 0 Å². The Bertz CT molecular complexity index is 202. The molecule has 0 aromatic carbocycles. The average molecular weight is 152 g/mol. The third-order valence-corrected chi connectivity index (χ3v) is 2.10. The van der Waals surface area contributed by atoms with Gasteiger partial charge >= 0.3 is 0 Å². The summed E-state index contributed by atoms with van der Waals surface area (Å²) >= 11 is 0. The largest absolute Gasteiger partial charge is 0.381 e. The molecule has 0 amide bonds. The van der Waals surface area contributed by atoms with Crippen LogP contribution in [-0.2, 0) is 4.74 Å². The van der Waals surface area contributed by atoms with Crippen molar-refractivity contribution in [2.75, 3.05) is 13.2 Å². The summed E-state index contributed by atoms with van der Waals surface area (Å²) in [5.41, 5.74) is 1.14. The molecule has 3 heteroatoms. The smallest absolute Gasteiger partial charge is 0.0675 e. The van der Waals surface area contributed by atoms with E-state index in [1.807, 2.05) is 12.3 Å². The van der Waals surface area contributed by atoms with Gasteiger partial charge < -0.3 is 4.74 Å². The van der Waals surface area contributed by atoms with Crippen molar-refractivity contribution in [3.8, 4) is 0 Å². The van der Waals surface area contributed by atoms with Gasteiger partial charge in [0.1, 0.15) is 0 Å². The standard InChI is InChI=1S/C8H12N2O/c1-2-7(6-11-5-1)8-3-4-9-10-8/h3-4,7H,1-2,5-6H2,(H,9,10). The Labute approximate surface area is 65.8 Å². The monoisotopic (exact) mass is 152 g/mol. The maximum absolute atomic E-state index is 5.35. The highest BCUT2D eigenvalue weighted by Gasteiger charge is 2.16. The SMILES string of the molecule is c1cc(C2CCCOC2)n[nH]1. The second kappa shape index (κ2) is 3.05. The quantitative estimate of drug-likeness (QED) is 0.658. The van der Waals surface area contributed by atoms with Crippen LogP contribution in [0.3, 0.4) is 0 Å². The van der Waals surface area contributed by atoms with Gasteiger partial charge in [-0.25, -0.2) is 0 Å². The Balaban J connectivity index is 2.04. The molecule has 1 aliphatic heterocycles. The Morgan fingerprint density at radius 3 is 3.27 bits per heavy atom. The molecule has 1 fully saturated rings. The van der Waals surface area contributed by atoms with Crippen LogP contribution in [0.2, 0.25) is 0 Å². The Morgan fingerprint density at radius 2 is 2.64 bits per heavy atom. The van der Waals surface area contributed by atoms with E-state index in [9.17, 15) is 0 Å². The first-order valence-electron chi connectivity index (χ1n) is 4.04. The maximum atomic E-state index is 5.35. The molecule has 1 atom stereocenters. The molecule has 0 spiro atoms. The van der Waals surface area contributed by atoms with Crippen molar-refractivity contribution in [3.05, 3.63) is 18.0 Å². The number of rotatable bonds is 1. The van der Waals surface area contributed by atoms with E-state index in [1.165, 1.54) is 6.42 Å². The van der Waals surface area contributed by atoms with Crippen LogP contribution in [0.4, 0.5) is 0 Å². The van der Waals surface area contributed by atoms with Gasteiger partial charge in [-0.1, -0.05) is 0 Å². The summed E-state index contributed by atoms with van der Waals surface area (Å²) in [7, 11) is 0. The number of H-pyrrole nitrogens is 1. The summed E-state index contributed by atoms with van der Waals surface area (Å²) in [4.78, 5) is 0. The zero-order chi connectivity index (χ0) is 7.52. The molecule has 0 aliphatic carbocycles. The fourth-order valence-corrected chi connectivity index (χ4v) is 1.47. The Morgan fingerprint density at radius 1 is 1.64 bits per heavy atom. The number of aromatic amines is 1. The third kappa shape index (κ3) is 1.43. The zero-order valence-electron chi connectivity index (χ0n) is 6.42. The molecule has 1 aromatic heterocycles. The molecule has 1 saturated heterocycles. The van der Waals surface area contributed by atoms with Crippen molar-refractivity contribution < 1.29 is 4.74 Å². The third-order valence-electron chi connectivity index (χ3n) is 2.10. The molecule has 1 N–H and O–H groups in total. The second-order valence-electron chi connectivity index (χ2n) is 2.91. The highest BCUT2D eigenvalue weighted by atomic mass is 16.5. The van der Waals surface area contributed by atoms with E-state index in [0.29, 0.717) is 5.92 Å². The molecule has 0 saturated carbocycles. The van der Waals surface area contributed by atoms with Crippen LogP contribution >= 0.6 is 0 Å². The summed E-state index contributed by atoms with van der Waals surface area (Å²) in [6.45, 7) is 1.76. The molecule has 1 aliphatic rings. The van der Waals surface area contributed by atoms with Gasteiger partial charge in [-0.05, 0) is 18.9 Å². The lowest BCUT2D eigenvalue weighted by Crippen LogP contribution is -2.15. The molecule has 0 bridgehead atoms. The van der Waals surface area contributed by atoms with E-state index in [2.05, 4.69) is 10.2 Å². The highest BCUT2D eigenvalue weighted by Crippen LogP contribution is 2.22. The van der Waals surface area contributed by atoms with Gasteiger partial charge in [-0.15, -0.1) is 0 Å². The van der Waals surface area contributed by atoms with Crippen molar-refractivity contribution in [2.24, 2.45) is 0 Å². The lowest BCUT2D eigenvalue weighted by Gasteiger charge is -2.19. The lowest BCUT2D eigenvalue weighted by atomic mass is 9.99. The van der Waals surface area contributed by atoms with Crippen molar-refractivity contribution in [2.45, 2.75) is 18.8 Å². The van der Waals surface area contributed by atoms with Gasteiger partial charge in [0, 0.05) is 18.7 Å². The minimum absolute atomic E-state index is 0.523. The van der Waals surface area contributed by atoms with Crippen LogP contribution < -0.4 is 0 Å². The van der Waals surface area contributed by atoms with E-state index < -0.39 is 0 Å². The highest BCUT2D eigenvalue weighted by molar-refractivity contribution is 5.05. The Hall–Kier alpha value is -0.830. The van der Waals surface area contributed by atoms with Crippen molar-refractivity contribution >= 4 is 0 Å². The zero-order valence-corrected chi connectivity index (χ0v) is 6.42. The molecule has 3 nitrogen and oxygen atoms in total. The van der Waals surface area contributed by atoms with Crippen LogP contribution in [-0.4, -0.2) is 23.4 Å². The van der Waals surface area contributed by atoms with E-state index in [4.69, 9.17) is 4.74 Å². The molecular weight excluding hydrogens is 140 g/mol. The number of hydrogen-bond acceptors (Lipinski definition) is 2. The summed E-state index contributed by atoms with van der Waals surface area (Å²) in [5, 5.41) is 6.96. The Kier molecular flexibility index (Phi) is 1.90. The van der Waals surface area contributed by atoms with Crippen LogP contribution in [0.25, 0.3) is 0 Å². The van der Waals surface area contributed by atoms with Crippen LogP contribution in [0.15, 0.2) is 12.3 Å². The maximum Gasteiger partial charge on any atom is 0.0675 e. The average Bonchev–Trinajstić information content (AvgIpc) is 2.58. The summed E-state index contributed by atoms with van der Waals surface area (Å²) in [6.07, 6.45) is 4.24. The number of nitrogens with one attached hydrogen (secondary N) is 1. The summed E-state index contributed by atoms with van der Waals surface area (Å²) in [5.74, 6) is 0.523. The number of nitrogens with zero attached hydrogens (tertiary/aromatic N) is 1. The topological polar surface area (TPSA) is 37.9 Å². The number of aromatic nitrogens is 2. The molecule has 11 heavy (non-hydrogen) atoms. The van der Waals surface area contributed by atoms with Crippen molar-refractivity contribution in [3.63, 3.8) is 0 Å². The lowest BCUT2D eigenvalue weighted by molar-refractivity contribution is 0.0793. The molecular formula is C8H12N2O. The van der Waals surface area contributed by atoms with Crippen molar-refractivity contribution in [1.82, 2.24) is 10.2 Å². The van der Waals surface area contributed by atoms with Gasteiger partial charge in [0.05, 0.1) is 12.3 Å². The fraction of sp³-hybridized carbons (Fsp3) is 0.625. The predicted octanol–water partition coefficient (Wildman–Crippen LogP) is 1.30. The van der Waals surface area contributed by atoms with Crippen LogP contribution in [0.5, 0.6) is 0 Å². The summed E-state index contributed by atoms with van der Waals surface area (Å²) < 4.78 is 5.35. The van der Waals surface area contributed by atoms with Gasteiger partial charge in [-0.2, -0.15) is 5.10 Å². The molecule has 2 heterocycles. The first-order valence-corrected chi connectivity index (χ1v) is 4.04. The van der Waals surface area contributed by atoms with E-state index >= 15 is 0 Å². The van der Waals surface area contributed by atoms with E-state index in [0.717, 1.165) is 25.3 Å². The first kappa shape index (κ1) is 6.85. The molecule has 2 rings (SSSR count). The van der Waals surface area contributed by atoms with Crippen LogP contribution in [0.1, 0.15) is 24.5 Å². The molecule has 1 unspecified atom stereocenters. The molecule has 0 radical (unpaired) electrons. The predicted molar refractivity (Wildman–Crippen MR) is 41.4 cm³/mol. The van der Waals surface area contributed by atoms with E-state index in [1.54, 1.807) is 0 Å². The molecule has 60 valence electrons. The summed E-state index contributed by atoms with van der Waals surface area (Å²) in [6, 6.07) is 2.03. The fourth-order valence-electron chi connectivity index (χ4n) is 1.47. The normalized spacial score (nSPS) is 25.3. The number of ether oxygens (including phenoxy) is 1.